The fraction of sp³-hybridized carbons (Fsp3) is 0.200. The second-order valence-corrected chi connectivity index (χ2v) is 5.55. The Hall–Kier alpha value is -2.72. The van der Waals surface area contributed by atoms with Crippen molar-refractivity contribution in [3.8, 4) is 0 Å². The van der Waals surface area contributed by atoms with Crippen LogP contribution in [0.25, 0.3) is 0 Å². The number of Topliss-reactive ketones (excluding diaryl/α,β-unsaturated/α-hetero) is 1. The van der Waals surface area contributed by atoms with Crippen molar-refractivity contribution in [1.82, 2.24) is 4.90 Å². The summed E-state index contributed by atoms with van der Waals surface area (Å²) in [6.07, 6.45) is 1.45. The number of hydrogen-bond acceptors (Lipinski definition) is 4. The maximum atomic E-state index is 12.9. The highest BCUT2D eigenvalue weighted by Crippen LogP contribution is 2.16. The Labute approximate surface area is 141 Å². The molecule has 0 atom stereocenters. The Morgan fingerprint density at radius 1 is 0.833 bits per heavy atom. The minimum Gasteiger partial charge on any atom is -0.378 e. The molecule has 2 aromatic rings. The number of ketones is 2. The molecule has 0 unspecified atom stereocenters. The van der Waals surface area contributed by atoms with Gasteiger partial charge in [0.2, 0.25) is 5.78 Å². The smallest absolute Gasteiger partial charge is 0.209 e. The largest absolute Gasteiger partial charge is 0.378 e. The molecule has 4 heteroatoms. The predicted molar refractivity (Wildman–Crippen MR) is 92.0 cm³/mol. The Morgan fingerprint density at radius 2 is 1.38 bits per heavy atom. The monoisotopic (exact) mass is 321 g/mol. The van der Waals surface area contributed by atoms with Crippen molar-refractivity contribution in [2.24, 2.45) is 0 Å². The van der Waals surface area contributed by atoms with E-state index in [-0.39, 0.29) is 11.6 Å². The average molecular weight is 321 g/mol. The van der Waals surface area contributed by atoms with Gasteiger partial charge in [-0.2, -0.15) is 0 Å². The van der Waals surface area contributed by atoms with E-state index in [1.807, 2.05) is 41.3 Å². The van der Waals surface area contributed by atoms with Gasteiger partial charge in [0.15, 0.2) is 5.78 Å². The molecule has 0 N–H and O–H groups in total. The van der Waals surface area contributed by atoms with Crippen molar-refractivity contribution in [2.45, 2.75) is 0 Å². The number of hydrogen-bond donors (Lipinski definition) is 0. The summed E-state index contributed by atoms with van der Waals surface area (Å²) >= 11 is 0. The second-order valence-electron chi connectivity index (χ2n) is 5.55. The molecule has 1 saturated heterocycles. The van der Waals surface area contributed by atoms with Crippen molar-refractivity contribution in [3.05, 3.63) is 83.6 Å². The van der Waals surface area contributed by atoms with E-state index < -0.39 is 0 Å². The summed E-state index contributed by atoms with van der Waals surface area (Å²) < 4.78 is 5.36. The predicted octanol–water partition coefficient (Wildman–Crippen LogP) is 2.97. The molecule has 0 saturated carbocycles. The van der Waals surface area contributed by atoms with Gasteiger partial charge in [0, 0.05) is 30.3 Å². The number of rotatable bonds is 5. The topological polar surface area (TPSA) is 46.6 Å². The van der Waals surface area contributed by atoms with Crippen LogP contribution in [0, 0.1) is 0 Å². The lowest BCUT2D eigenvalue weighted by Crippen LogP contribution is -2.38. The molecule has 1 heterocycles. The molecule has 1 fully saturated rings. The van der Waals surface area contributed by atoms with Crippen LogP contribution in [0.4, 0.5) is 0 Å². The zero-order valence-corrected chi connectivity index (χ0v) is 13.4. The number of carbonyl (C=O) groups excluding carboxylic acids is 2. The summed E-state index contributed by atoms with van der Waals surface area (Å²) in [6, 6.07) is 18.0. The van der Waals surface area contributed by atoms with Gasteiger partial charge >= 0.3 is 0 Å². The van der Waals surface area contributed by atoms with Crippen LogP contribution in [0.3, 0.4) is 0 Å². The first kappa shape index (κ1) is 16.1. The van der Waals surface area contributed by atoms with Crippen LogP contribution in [0.5, 0.6) is 0 Å². The van der Waals surface area contributed by atoms with Gasteiger partial charge in [-0.15, -0.1) is 0 Å². The maximum Gasteiger partial charge on any atom is 0.209 e. The molecule has 122 valence electrons. The third-order valence-corrected chi connectivity index (χ3v) is 3.95. The molecular weight excluding hydrogens is 302 g/mol. The minimum absolute atomic E-state index is 0.137. The van der Waals surface area contributed by atoms with Gasteiger partial charge in [-0.3, -0.25) is 9.59 Å². The highest BCUT2D eigenvalue weighted by molar-refractivity contribution is 6.14. The van der Waals surface area contributed by atoms with E-state index in [4.69, 9.17) is 4.74 Å². The quantitative estimate of drug-likeness (QED) is 0.627. The zero-order valence-electron chi connectivity index (χ0n) is 13.4. The van der Waals surface area contributed by atoms with Gasteiger partial charge in [-0.1, -0.05) is 60.7 Å². The third-order valence-electron chi connectivity index (χ3n) is 3.95. The molecule has 0 aromatic heterocycles. The Kier molecular flexibility index (Phi) is 5.18. The molecule has 1 aliphatic heterocycles. The Bertz CT molecular complexity index is 732. The summed E-state index contributed by atoms with van der Waals surface area (Å²) in [4.78, 5) is 27.4. The SMILES string of the molecule is O=C(C=C(C(=O)c1ccccc1)N1CCOCC1)c1ccccc1. The van der Waals surface area contributed by atoms with Gasteiger partial charge in [-0.25, -0.2) is 0 Å². The first-order valence-electron chi connectivity index (χ1n) is 7.99. The number of allylic oxidation sites excluding steroid dienone is 2. The fourth-order valence-corrected chi connectivity index (χ4v) is 2.65. The van der Waals surface area contributed by atoms with Crippen molar-refractivity contribution in [3.63, 3.8) is 0 Å². The van der Waals surface area contributed by atoms with E-state index >= 15 is 0 Å². The lowest BCUT2D eigenvalue weighted by atomic mass is 10.0. The van der Waals surface area contributed by atoms with E-state index in [0.29, 0.717) is 43.1 Å². The van der Waals surface area contributed by atoms with Crippen LogP contribution in [0.1, 0.15) is 20.7 Å². The normalized spacial score (nSPS) is 15.2. The van der Waals surface area contributed by atoms with E-state index in [0.717, 1.165) is 0 Å². The molecule has 0 spiro atoms. The lowest BCUT2D eigenvalue weighted by Gasteiger charge is -2.30. The molecule has 0 radical (unpaired) electrons. The Balaban J connectivity index is 1.94. The summed E-state index contributed by atoms with van der Waals surface area (Å²) in [7, 11) is 0. The molecule has 1 aliphatic rings. The first-order chi connectivity index (χ1) is 11.8. The standard InChI is InChI=1S/C20H19NO3/c22-19(16-7-3-1-4-8-16)15-18(21-11-13-24-14-12-21)20(23)17-9-5-2-6-10-17/h1-10,15H,11-14H2. The van der Waals surface area contributed by atoms with Crippen LogP contribution in [0.15, 0.2) is 72.4 Å². The maximum absolute atomic E-state index is 12.9. The highest BCUT2D eigenvalue weighted by Gasteiger charge is 2.22. The number of carbonyl (C=O) groups is 2. The second kappa shape index (κ2) is 7.70. The summed E-state index contributed by atoms with van der Waals surface area (Å²) in [6.45, 7) is 2.32. The fourth-order valence-electron chi connectivity index (χ4n) is 2.65. The number of benzene rings is 2. The average Bonchev–Trinajstić information content (AvgIpc) is 2.67. The van der Waals surface area contributed by atoms with Gasteiger partial charge in [0.25, 0.3) is 0 Å². The third kappa shape index (κ3) is 3.78. The van der Waals surface area contributed by atoms with Crippen LogP contribution < -0.4 is 0 Å². The van der Waals surface area contributed by atoms with E-state index in [9.17, 15) is 9.59 Å². The molecular formula is C20H19NO3. The van der Waals surface area contributed by atoms with Crippen molar-refractivity contribution in [2.75, 3.05) is 26.3 Å². The molecule has 2 aromatic carbocycles. The van der Waals surface area contributed by atoms with Crippen molar-refractivity contribution < 1.29 is 14.3 Å². The van der Waals surface area contributed by atoms with E-state index in [2.05, 4.69) is 0 Å². The summed E-state index contributed by atoms with van der Waals surface area (Å²) in [5.74, 6) is -0.303. The van der Waals surface area contributed by atoms with Crippen molar-refractivity contribution >= 4 is 11.6 Å². The van der Waals surface area contributed by atoms with E-state index in [1.165, 1.54) is 6.08 Å². The summed E-state index contributed by atoms with van der Waals surface area (Å²) in [5.41, 5.74) is 1.58. The molecule has 0 amide bonds. The number of nitrogens with zero attached hydrogens (tertiary/aromatic N) is 1. The van der Waals surface area contributed by atoms with Gasteiger partial charge < -0.3 is 9.64 Å². The van der Waals surface area contributed by atoms with Gasteiger partial charge in [0.05, 0.1) is 18.9 Å². The van der Waals surface area contributed by atoms with Crippen molar-refractivity contribution in [1.29, 1.82) is 0 Å². The van der Waals surface area contributed by atoms with Crippen LogP contribution in [-0.4, -0.2) is 42.8 Å². The molecule has 0 aliphatic carbocycles. The first-order valence-corrected chi connectivity index (χ1v) is 7.99. The molecule has 4 nitrogen and oxygen atoms in total. The summed E-state index contributed by atoms with van der Waals surface area (Å²) in [5, 5.41) is 0. The minimum atomic E-state index is -0.165. The van der Waals surface area contributed by atoms with Crippen LogP contribution in [0.2, 0.25) is 0 Å². The molecule has 3 rings (SSSR count). The molecule has 0 bridgehead atoms. The highest BCUT2D eigenvalue weighted by atomic mass is 16.5. The Morgan fingerprint density at radius 3 is 1.96 bits per heavy atom. The van der Waals surface area contributed by atoms with Crippen LogP contribution in [-0.2, 0) is 4.74 Å². The van der Waals surface area contributed by atoms with Gasteiger partial charge in [0.1, 0.15) is 0 Å². The van der Waals surface area contributed by atoms with Gasteiger partial charge in [-0.05, 0) is 0 Å². The lowest BCUT2D eigenvalue weighted by molar-refractivity contribution is 0.0504. The number of morpholine rings is 1. The zero-order chi connectivity index (χ0) is 16.8. The number of ether oxygens (including phenoxy) is 1. The van der Waals surface area contributed by atoms with E-state index in [1.54, 1.807) is 24.3 Å². The molecule has 24 heavy (non-hydrogen) atoms. The van der Waals surface area contributed by atoms with Crippen LogP contribution >= 0.6 is 0 Å².